The number of anilines is 2. The summed E-state index contributed by atoms with van der Waals surface area (Å²) in [5.41, 5.74) is 11.1. The maximum atomic E-state index is 13.4. The molecule has 1 aromatic heterocycles. The van der Waals surface area contributed by atoms with Crippen LogP contribution in [0.3, 0.4) is 0 Å². The third-order valence-electron chi connectivity index (χ3n) is 7.93. The predicted octanol–water partition coefficient (Wildman–Crippen LogP) is 6.24. The Morgan fingerprint density at radius 3 is 2.77 bits per heavy atom. The Labute approximate surface area is 229 Å². The highest BCUT2D eigenvalue weighted by molar-refractivity contribution is 6.00. The summed E-state index contributed by atoms with van der Waals surface area (Å²) >= 11 is 0. The van der Waals surface area contributed by atoms with Crippen LogP contribution in [0.5, 0.6) is 5.75 Å². The molecule has 1 fully saturated rings. The lowest BCUT2D eigenvalue weighted by atomic mass is 9.71. The van der Waals surface area contributed by atoms with Gasteiger partial charge in [0.15, 0.2) is 5.69 Å². The van der Waals surface area contributed by atoms with E-state index < -0.39 is 0 Å². The van der Waals surface area contributed by atoms with Crippen LogP contribution >= 0.6 is 0 Å². The van der Waals surface area contributed by atoms with Gasteiger partial charge in [-0.2, -0.15) is 5.26 Å². The first-order valence-corrected chi connectivity index (χ1v) is 13.6. The molecule has 39 heavy (non-hydrogen) atoms. The number of hydrogen-bond donors (Lipinski definition) is 3. The van der Waals surface area contributed by atoms with Gasteiger partial charge in [0.25, 0.3) is 5.91 Å². The summed E-state index contributed by atoms with van der Waals surface area (Å²) in [5, 5.41) is 17.6. The third-order valence-corrected chi connectivity index (χ3v) is 7.93. The van der Waals surface area contributed by atoms with Crippen LogP contribution < -0.4 is 21.1 Å². The van der Waals surface area contributed by atoms with E-state index in [0.717, 1.165) is 47.7 Å². The maximum Gasteiger partial charge on any atom is 0.272 e. The van der Waals surface area contributed by atoms with Crippen molar-refractivity contribution in [2.45, 2.75) is 45.1 Å². The number of nitrogens with zero attached hydrogens (tertiary/aromatic N) is 2. The van der Waals surface area contributed by atoms with Crippen LogP contribution in [0, 0.1) is 23.2 Å². The average molecular weight is 522 g/mol. The number of nitriles is 1. The van der Waals surface area contributed by atoms with Crippen LogP contribution in [0.2, 0.25) is 0 Å². The number of rotatable bonds is 8. The lowest BCUT2D eigenvalue weighted by Gasteiger charge is -2.38. The number of ether oxygens (including phenoxy) is 1. The largest absolute Gasteiger partial charge is 0.495 e. The number of carbonyl (C=O) groups excluding carboxylic acids is 1. The van der Waals surface area contributed by atoms with E-state index in [-0.39, 0.29) is 17.6 Å². The van der Waals surface area contributed by atoms with E-state index in [1.54, 1.807) is 18.7 Å². The highest BCUT2D eigenvalue weighted by Gasteiger charge is 2.32. The molecule has 4 N–H and O–H groups in total. The van der Waals surface area contributed by atoms with Crippen LogP contribution in [0.1, 0.15) is 49.5 Å². The van der Waals surface area contributed by atoms with Gasteiger partial charge in [-0.05, 0) is 73.6 Å². The van der Waals surface area contributed by atoms with Gasteiger partial charge in [-0.15, -0.1) is 0 Å². The fourth-order valence-electron chi connectivity index (χ4n) is 6.05. The molecule has 2 aliphatic rings. The Kier molecular flexibility index (Phi) is 7.56. The second-order valence-corrected chi connectivity index (χ2v) is 10.7. The van der Waals surface area contributed by atoms with Gasteiger partial charge in [0.2, 0.25) is 0 Å². The van der Waals surface area contributed by atoms with Gasteiger partial charge < -0.3 is 21.1 Å². The average Bonchev–Trinajstić information content (AvgIpc) is 2.94. The highest BCUT2D eigenvalue weighted by Crippen LogP contribution is 2.40. The molecule has 1 amide bonds. The molecule has 3 atom stereocenters. The van der Waals surface area contributed by atoms with Crippen LogP contribution in [-0.4, -0.2) is 30.6 Å². The Balaban J connectivity index is 1.41. The lowest BCUT2D eigenvalue weighted by molar-refractivity contribution is 0.0905. The summed E-state index contributed by atoms with van der Waals surface area (Å²) in [6.07, 6.45) is 7.87. The number of nitrogens with two attached hydrogens (primary N) is 1. The Bertz CT molecular complexity index is 1500. The van der Waals surface area contributed by atoms with Crippen LogP contribution in [-0.2, 0) is 0 Å². The Morgan fingerprint density at radius 2 is 2.03 bits per heavy atom. The molecule has 7 heteroatoms. The van der Waals surface area contributed by atoms with Crippen molar-refractivity contribution in [2.75, 3.05) is 24.7 Å². The summed E-state index contributed by atoms with van der Waals surface area (Å²) in [6, 6.07) is 15.6. The van der Waals surface area contributed by atoms with Crippen molar-refractivity contribution in [3.05, 3.63) is 72.0 Å². The molecule has 2 bridgehead atoms. The first-order valence-electron chi connectivity index (χ1n) is 13.6. The van der Waals surface area contributed by atoms with E-state index >= 15 is 0 Å². The van der Waals surface area contributed by atoms with E-state index in [9.17, 15) is 4.79 Å². The zero-order valence-electron chi connectivity index (χ0n) is 22.6. The number of benzene rings is 2. The molecule has 0 spiro atoms. The van der Waals surface area contributed by atoms with Gasteiger partial charge in [0, 0.05) is 29.1 Å². The van der Waals surface area contributed by atoms with Gasteiger partial charge in [-0.1, -0.05) is 43.4 Å². The van der Waals surface area contributed by atoms with Gasteiger partial charge in [0.1, 0.15) is 5.75 Å². The van der Waals surface area contributed by atoms with Crippen molar-refractivity contribution in [1.82, 2.24) is 10.3 Å². The molecule has 3 unspecified atom stereocenters. The van der Waals surface area contributed by atoms with Gasteiger partial charge in [-0.25, -0.2) is 4.98 Å². The van der Waals surface area contributed by atoms with Crippen molar-refractivity contribution >= 4 is 28.1 Å². The number of allylic oxidation sites excluding steroid dienone is 2. The van der Waals surface area contributed by atoms with Crippen molar-refractivity contribution in [3.8, 4) is 23.1 Å². The first-order chi connectivity index (χ1) is 18.9. The molecular formula is C32H35N5O2. The molecule has 1 heterocycles. The Hall–Kier alpha value is -4.31. The molecule has 2 aromatic carbocycles. The topological polar surface area (TPSA) is 113 Å². The summed E-state index contributed by atoms with van der Waals surface area (Å²) in [5.74, 6) is 1.61. The van der Waals surface area contributed by atoms with Crippen LogP contribution in [0.15, 0.2) is 66.3 Å². The summed E-state index contributed by atoms with van der Waals surface area (Å²) in [7, 11) is 1.61. The minimum atomic E-state index is -0.223. The smallest absolute Gasteiger partial charge is 0.272 e. The van der Waals surface area contributed by atoms with Crippen molar-refractivity contribution < 1.29 is 9.53 Å². The first kappa shape index (κ1) is 26.3. The van der Waals surface area contributed by atoms with E-state index in [2.05, 4.69) is 36.3 Å². The minimum absolute atomic E-state index is 0.130. The number of amides is 1. The van der Waals surface area contributed by atoms with E-state index in [4.69, 9.17) is 20.7 Å². The molecule has 200 valence electrons. The molecule has 7 nitrogen and oxygen atoms in total. The Morgan fingerprint density at radius 1 is 1.21 bits per heavy atom. The van der Waals surface area contributed by atoms with Gasteiger partial charge in [0.05, 0.1) is 30.2 Å². The second-order valence-electron chi connectivity index (χ2n) is 10.7. The van der Waals surface area contributed by atoms with Crippen LogP contribution in [0.4, 0.5) is 11.4 Å². The number of methoxy groups -OCH3 is 1. The normalized spacial score (nSPS) is 20.0. The number of hydrogen-bond acceptors (Lipinski definition) is 6. The lowest BCUT2D eigenvalue weighted by Crippen LogP contribution is -2.42. The number of nitrogens with one attached hydrogen (secondary N) is 2. The fraction of sp³-hybridized carbons (Fsp3) is 0.344. The SMILES string of the molecule is C=C(C#N)CNc1c(OC)ccc2ccc(-c3ccc(N)c(C(=O)NC4CC5C=C(CC)CC(C5)C4)n3)cc12. The molecule has 0 radical (unpaired) electrons. The monoisotopic (exact) mass is 521 g/mol. The fourth-order valence-corrected chi connectivity index (χ4v) is 6.05. The standard InChI is InChI=1S/C32H35N5O2/c1-4-20-11-21-13-22(12-20)15-25(14-21)36-32(38)31-27(34)8-9-28(37-31)24-6-5-23-7-10-29(39-3)30(26(23)16-24)35-18-19(2)17-33/h5-11,16,21-22,25,35H,2,4,12-15,18,34H2,1,3H3,(H,36,38). The zero-order valence-corrected chi connectivity index (χ0v) is 22.6. The van der Waals surface area contributed by atoms with Crippen molar-refractivity contribution in [3.63, 3.8) is 0 Å². The van der Waals surface area contributed by atoms with E-state index in [1.807, 2.05) is 36.4 Å². The summed E-state index contributed by atoms with van der Waals surface area (Å²) in [4.78, 5) is 18.1. The minimum Gasteiger partial charge on any atom is -0.495 e. The number of pyridine rings is 1. The van der Waals surface area contributed by atoms with E-state index in [1.165, 1.54) is 6.42 Å². The predicted molar refractivity (Wildman–Crippen MR) is 156 cm³/mol. The molecule has 3 aromatic rings. The molecule has 2 aliphatic carbocycles. The van der Waals surface area contributed by atoms with Crippen molar-refractivity contribution in [1.29, 1.82) is 5.26 Å². The number of nitrogen functional groups attached to an aromatic ring is 1. The van der Waals surface area contributed by atoms with Crippen LogP contribution in [0.25, 0.3) is 22.0 Å². The number of fused-ring (bicyclic) bond motifs is 3. The third kappa shape index (κ3) is 5.61. The molecule has 0 aliphatic heterocycles. The second kappa shape index (κ2) is 11.2. The summed E-state index contributed by atoms with van der Waals surface area (Å²) in [6.45, 7) is 6.29. The summed E-state index contributed by atoms with van der Waals surface area (Å²) < 4.78 is 5.58. The number of carbonyl (C=O) groups is 1. The molecule has 1 saturated carbocycles. The van der Waals surface area contributed by atoms with Gasteiger partial charge >= 0.3 is 0 Å². The van der Waals surface area contributed by atoms with E-state index in [0.29, 0.717) is 41.1 Å². The molecule has 5 rings (SSSR count). The molecular weight excluding hydrogens is 486 g/mol. The molecule has 0 saturated heterocycles. The van der Waals surface area contributed by atoms with Crippen molar-refractivity contribution in [2.24, 2.45) is 11.8 Å². The highest BCUT2D eigenvalue weighted by atomic mass is 16.5. The maximum absolute atomic E-state index is 13.4. The zero-order chi connectivity index (χ0) is 27.5. The van der Waals surface area contributed by atoms with Gasteiger partial charge in [-0.3, -0.25) is 4.79 Å². The number of aromatic nitrogens is 1. The quantitative estimate of drug-likeness (QED) is 0.239.